The van der Waals surface area contributed by atoms with Crippen LogP contribution >= 0.6 is 0 Å². The molecule has 1 heterocycles. The van der Waals surface area contributed by atoms with E-state index in [9.17, 15) is 4.79 Å². The predicted octanol–water partition coefficient (Wildman–Crippen LogP) is 2.75. The molecule has 0 saturated heterocycles. The van der Waals surface area contributed by atoms with Crippen molar-refractivity contribution in [1.29, 1.82) is 0 Å². The number of amides is 1. The predicted molar refractivity (Wildman–Crippen MR) is 71.9 cm³/mol. The number of nitrogens with one attached hydrogen (secondary N) is 1. The number of aryl methyl sites for hydroxylation is 1. The number of carbonyl (C=O) groups is 1. The zero-order valence-corrected chi connectivity index (χ0v) is 11.4. The average molecular weight is 244 g/mol. The summed E-state index contributed by atoms with van der Waals surface area (Å²) >= 11 is 0. The largest absolute Gasteiger partial charge is 0.326 e. The molecule has 3 nitrogen and oxygen atoms in total. The minimum absolute atomic E-state index is 0.0298. The number of nitrogens with zero attached hydrogens (tertiary/aromatic N) is 1. The standard InChI is InChI=1S/C15H20N2O/c1-9(18)16-13-10-5-4-6-12(10)17-14-11(13)7-8-15(14,2)3/h4-8H2,1-3H3,(H,16,17,18). The minimum Gasteiger partial charge on any atom is -0.326 e. The Morgan fingerprint density at radius 1 is 1.22 bits per heavy atom. The number of hydrogen-bond donors (Lipinski definition) is 1. The fourth-order valence-corrected chi connectivity index (χ4v) is 3.31. The lowest BCUT2D eigenvalue weighted by Crippen LogP contribution is -2.17. The van der Waals surface area contributed by atoms with E-state index in [1.165, 1.54) is 22.5 Å². The van der Waals surface area contributed by atoms with Crippen LogP contribution in [0.5, 0.6) is 0 Å². The molecule has 0 spiro atoms. The smallest absolute Gasteiger partial charge is 0.221 e. The van der Waals surface area contributed by atoms with Crippen LogP contribution in [0, 0.1) is 0 Å². The Kier molecular flexibility index (Phi) is 2.47. The highest BCUT2D eigenvalue weighted by Gasteiger charge is 2.36. The third-order valence-corrected chi connectivity index (χ3v) is 4.27. The summed E-state index contributed by atoms with van der Waals surface area (Å²) in [6, 6.07) is 0. The van der Waals surface area contributed by atoms with Crippen molar-refractivity contribution < 1.29 is 4.79 Å². The molecule has 3 heteroatoms. The van der Waals surface area contributed by atoms with Gasteiger partial charge in [0.05, 0.1) is 11.4 Å². The van der Waals surface area contributed by atoms with Gasteiger partial charge in [-0.2, -0.15) is 0 Å². The first kappa shape index (κ1) is 11.7. The fraction of sp³-hybridized carbons (Fsp3) is 0.600. The molecule has 0 aromatic carbocycles. The van der Waals surface area contributed by atoms with Crippen molar-refractivity contribution >= 4 is 11.6 Å². The lowest BCUT2D eigenvalue weighted by Gasteiger charge is -2.20. The van der Waals surface area contributed by atoms with Crippen molar-refractivity contribution in [3.8, 4) is 0 Å². The van der Waals surface area contributed by atoms with E-state index < -0.39 is 0 Å². The molecule has 1 amide bonds. The Balaban J connectivity index is 2.20. The van der Waals surface area contributed by atoms with Crippen LogP contribution in [0.2, 0.25) is 0 Å². The van der Waals surface area contributed by atoms with E-state index in [-0.39, 0.29) is 11.3 Å². The molecule has 2 aliphatic carbocycles. The van der Waals surface area contributed by atoms with Gasteiger partial charge in [0, 0.05) is 18.0 Å². The molecular formula is C15H20N2O. The maximum Gasteiger partial charge on any atom is 0.221 e. The van der Waals surface area contributed by atoms with Gasteiger partial charge in [-0.15, -0.1) is 0 Å². The zero-order chi connectivity index (χ0) is 12.9. The third-order valence-electron chi connectivity index (χ3n) is 4.27. The summed E-state index contributed by atoms with van der Waals surface area (Å²) < 4.78 is 0. The molecule has 0 fully saturated rings. The summed E-state index contributed by atoms with van der Waals surface area (Å²) in [6.45, 7) is 6.10. The van der Waals surface area contributed by atoms with Gasteiger partial charge < -0.3 is 5.32 Å². The van der Waals surface area contributed by atoms with Crippen LogP contribution in [0.3, 0.4) is 0 Å². The molecule has 0 aliphatic heterocycles. The van der Waals surface area contributed by atoms with Gasteiger partial charge in [0.1, 0.15) is 0 Å². The fourth-order valence-electron chi connectivity index (χ4n) is 3.31. The number of carbonyl (C=O) groups excluding carboxylic acids is 1. The maximum atomic E-state index is 11.4. The number of pyridine rings is 1. The molecule has 1 aromatic rings. The third kappa shape index (κ3) is 1.64. The van der Waals surface area contributed by atoms with E-state index in [0.29, 0.717) is 0 Å². The molecular weight excluding hydrogens is 224 g/mol. The average Bonchev–Trinajstić information content (AvgIpc) is 2.84. The second-order valence-corrected chi connectivity index (χ2v) is 6.16. The molecule has 0 atom stereocenters. The summed E-state index contributed by atoms with van der Waals surface area (Å²) in [4.78, 5) is 16.3. The molecule has 3 rings (SSSR count). The van der Waals surface area contributed by atoms with Crippen molar-refractivity contribution in [2.24, 2.45) is 0 Å². The summed E-state index contributed by atoms with van der Waals surface area (Å²) in [5.74, 6) is 0.0298. The van der Waals surface area contributed by atoms with Crippen molar-refractivity contribution in [2.45, 2.75) is 58.3 Å². The van der Waals surface area contributed by atoms with Gasteiger partial charge in [-0.3, -0.25) is 9.78 Å². The molecule has 1 aromatic heterocycles. The van der Waals surface area contributed by atoms with Crippen molar-refractivity contribution in [1.82, 2.24) is 4.98 Å². The summed E-state index contributed by atoms with van der Waals surface area (Å²) in [5, 5.41) is 3.06. The summed E-state index contributed by atoms with van der Waals surface area (Å²) in [7, 11) is 0. The Hall–Kier alpha value is -1.38. The Morgan fingerprint density at radius 3 is 2.72 bits per heavy atom. The summed E-state index contributed by atoms with van der Waals surface area (Å²) in [6.07, 6.45) is 5.46. The van der Waals surface area contributed by atoms with Gasteiger partial charge in [0.2, 0.25) is 5.91 Å². The second-order valence-electron chi connectivity index (χ2n) is 6.16. The van der Waals surface area contributed by atoms with E-state index >= 15 is 0 Å². The molecule has 18 heavy (non-hydrogen) atoms. The van der Waals surface area contributed by atoms with Crippen LogP contribution in [-0.4, -0.2) is 10.9 Å². The number of fused-ring (bicyclic) bond motifs is 2. The Bertz CT molecular complexity index is 532. The van der Waals surface area contributed by atoms with Crippen LogP contribution in [0.4, 0.5) is 5.69 Å². The van der Waals surface area contributed by atoms with Crippen LogP contribution in [0.1, 0.15) is 56.1 Å². The van der Waals surface area contributed by atoms with Gasteiger partial charge in [-0.25, -0.2) is 0 Å². The molecule has 0 bridgehead atoms. The van der Waals surface area contributed by atoms with Crippen molar-refractivity contribution in [3.63, 3.8) is 0 Å². The Labute approximate surface area is 108 Å². The first-order valence-corrected chi connectivity index (χ1v) is 6.82. The lowest BCUT2D eigenvalue weighted by molar-refractivity contribution is -0.114. The monoisotopic (exact) mass is 244 g/mol. The number of rotatable bonds is 1. The van der Waals surface area contributed by atoms with Crippen LogP contribution in [0.15, 0.2) is 0 Å². The quantitative estimate of drug-likeness (QED) is 0.825. The molecule has 1 N–H and O–H groups in total. The van der Waals surface area contributed by atoms with Crippen LogP contribution in [-0.2, 0) is 29.5 Å². The number of anilines is 1. The van der Waals surface area contributed by atoms with Crippen molar-refractivity contribution in [2.75, 3.05) is 5.32 Å². The van der Waals surface area contributed by atoms with E-state index in [1.54, 1.807) is 6.92 Å². The highest BCUT2D eigenvalue weighted by atomic mass is 16.1. The lowest BCUT2D eigenvalue weighted by atomic mass is 9.90. The van der Waals surface area contributed by atoms with E-state index in [2.05, 4.69) is 19.2 Å². The minimum atomic E-state index is 0.0298. The number of hydrogen-bond acceptors (Lipinski definition) is 2. The van der Waals surface area contributed by atoms with Crippen LogP contribution in [0.25, 0.3) is 0 Å². The number of aromatic nitrogens is 1. The maximum absolute atomic E-state index is 11.4. The van der Waals surface area contributed by atoms with Gasteiger partial charge in [0.25, 0.3) is 0 Å². The molecule has 96 valence electrons. The topological polar surface area (TPSA) is 42.0 Å². The molecule has 0 radical (unpaired) electrons. The van der Waals surface area contributed by atoms with Gasteiger partial charge in [-0.05, 0) is 43.2 Å². The van der Waals surface area contributed by atoms with E-state index in [1.807, 2.05) is 0 Å². The van der Waals surface area contributed by atoms with Crippen molar-refractivity contribution in [3.05, 3.63) is 22.5 Å². The molecule has 2 aliphatic rings. The Morgan fingerprint density at radius 2 is 2.00 bits per heavy atom. The molecule has 0 unspecified atom stereocenters. The highest BCUT2D eigenvalue weighted by molar-refractivity contribution is 5.91. The van der Waals surface area contributed by atoms with E-state index in [0.717, 1.165) is 37.8 Å². The first-order valence-electron chi connectivity index (χ1n) is 6.82. The summed E-state index contributed by atoms with van der Waals surface area (Å²) in [5.41, 5.74) is 6.25. The van der Waals surface area contributed by atoms with Gasteiger partial charge in [-0.1, -0.05) is 13.8 Å². The normalized spacial score (nSPS) is 19.5. The zero-order valence-electron chi connectivity index (χ0n) is 11.4. The first-order chi connectivity index (χ1) is 8.49. The SMILES string of the molecule is CC(=O)Nc1c2c(nc3c1CCC3(C)C)CCC2. The van der Waals surface area contributed by atoms with Gasteiger partial charge in [0.15, 0.2) is 0 Å². The molecule has 0 saturated carbocycles. The highest BCUT2D eigenvalue weighted by Crippen LogP contribution is 2.44. The van der Waals surface area contributed by atoms with E-state index in [4.69, 9.17) is 4.98 Å². The van der Waals surface area contributed by atoms with Gasteiger partial charge >= 0.3 is 0 Å². The second kappa shape index (κ2) is 3.81. The van der Waals surface area contributed by atoms with Crippen LogP contribution < -0.4 is 5.32 Å².